The minimum atomic E-state index is -3.96. The number of alkyl carbamates (subject to hydrolysis) is 1. The van der Waals surface area contributed by atoms with E-state index in [2.05, 4.69) is 23.8 Å². The topological polar surface area (TPSA) is 126 Å². The van der Waals surface area contributed by atoms with Crippen molar-refractivity contribution in [2.24, 2.45) is 11.3 Å². The Labute approximate surface area is 248 Å². The summed E-state index contributed by atoms with van der Waals surface area (Å²) < 4.78 is 45.8. The average Bonchev–Trinajstić information content (AvgIpc) is 3.53. The summed E-state index contributed by atoms with van der Waals surface area (Å²) in [5, 5.41) is 17.2. The zero-order valence-corrected chi connectivity index (χ0v) is 25.0. The number of hydrogen-bond acceptors (Lipinski definition) is 8. The molecule has 2 saturated heterocycles. The number of carbonyl (C=O) groups excluding carboxylic acids is 1. The number of ether oxygens (including phenoxy) is 3. The Morgan fingerprint density at radius 2 is 1.86 bits per heavy atom. The number of amides is 1. The van der Waals surface area contributed by atoms with Gasteiger partial charge in [0.25, 0.3) is 0 Å². The Morgan fingerprint density at radius 1 is 1.14 bits per heavy atom. The van der Waals surface area contributed by atoms with Crippen molar-refractivity contribution in [3.05, 3.63) is 85.6 Å². The number of carbonyl (C=O) groups is 1. The van der Waals surface area contributed by atoms with E-state index >= 15 is 0 Å². The summed E-state index contributed by atoms with van der Waals surface area (Å²) in [6.45, 7) is 11.9. The molecule has 228 valence electrons. The molecule has 42 heavy (non-hydrogen) atoms. The van der Waals surface area contributed by atoms with Crippen molar-refractivity contribution < 1.29 is 32.5 Å². The molecule has 0 aliphatic carbocycles. The minimum absolute atomic E-state index is 0.0155. The maximum atomic E-state index is 13.7. The van der Waals surface area contributed by atoms with Gasteiger partial charge in [0.15, 0.2) is 6.29 Å². The Bertz CT molecular complexity index is 1320. The molecule has 0 radical (unpaired) electrons. The van der Waals surface area contributed by atoms with Crippen molar-refractivity contribution in [2.75, 3.05) is 31.6 Å². The highest BCUT2D eigenvalue weighted by Crippen LogP contribution is 2.46. The first-order valence-corrected chi connectivity index (χ1v) is 15.6. The van der Waals surface area contributed by atoms with Crippen LogP contribution in [0, 0.1) is 11.3 Å². The van der Waals surface area contributed by atoms with E-state index in [1.54, 1.807) is 18.2 Å². The van der Waals surface area contributed by atoms with Gasteiger partial charge in [-0.05, 0) is 54.8 Å². The van der Waals surface area contributed by atoms with Crippen LogP contribution in [0.2, 0.25) is 0 Å². The summed E-state index contributed by atoms with van der Waals surface area (Å²) in [5.41, 5.74) is 0.928. The molecule has 11 heteroatoms. The number of aliphatic hydroxyl groups excluding tert-OH is 1. The van der Waals surface area contributed by atoms with Gasteiger partial charge in [-0.3, -0.25) is 0 Å². The van der Waals surface area contributed by atoms with Crippen molar-refractivity contribution in [1.29, 1.82) is 0 Å². The molecule has 10 nitrogen and oxygen atoms in total. The molecule has 2 aliphatic rings. The van der Waals surface area contributed by atoms with E-state index in [1.165, 1.54) is 22.6 Å². The minimum Gasteiger partial charge on any atom is -0.443 e. The first-order valence-electron chi connectivity index (χ1n) is 14.1. The van der Waals surface area contributed by atoms with Crippen LogP contribution in [0.5, 0.6) is 0 Å². The van der Waals surface area contributed by atoms with Gasteiger partial charge in [0, 0.05) is 18.8 Å². The van der Waals surface area contributed by atoms with Gasteiger partial charge in [0.05, 0.1) is 35.7 Å². The number of benzene rings is 2. The molecule has 2 aliphatic heterocycles. The number of fused-ring (bicyclic) bond motifs is 1. The highest BCUT2D eigenvalue weighted by atomic mass is 32.2. The number of hydrogen-bond donors (Lipinski definition) is 3. The van der Waals surface area contributed by atoms with Gasteiger partial charge in [-0.2, -0.15) is 4.31 Å². The van der Waals surface area contributed by atoms with Gasteiger partial charge < -0.3 is 30.0 Å². The number of rotatable bonds is 14. The second kappa shape index (κ2) is 13.8. The lowest BCUT2D eigenvalue weighted by atomic mass is 9.82. The van der Waals surface area contributed by atoms with Crippen molar-refractivity contribution in [3.8, 4) is 0 Å². The standard InChI is InChI=1S/C31H41N3O7S/c1-5-31-16-17-39-29(31)40-21-28(31)41-30(36)33-26(18-23-10-8-7-9-11-23)27(35)20-34(19-22(3)4)42(37,38)25-14-12-24(13-15-25)32-6-2/h5-15,22,26-29,32,35H,1-2,16-21H2,3-4H3,(H,33,36)/t26?,27?,28-,29+,31-/m0/s1. The Morgan fingerprint density at radius 3 is 2.50 bits per heavy atom. The fourth-order valence-electron chi connectivity index (χ4n) is 5.41. The lowest BCUT2D eigenvalue weighted by Gasteiger charge is -2.32. The van der Waals surface area contributed by atoms with Gasteiger partial charge in [-0.15, -0.1) is 6.58 Å². The molecule has 0 bridgehead atoms. The quantitative estimate of drug-likeness (QED) is 0.279. The SMILES string of the molecule is C=CNc1ccc(S(=O)(=O)N(CC(C)C)CC(O)C(Cc2ccccc2)NC(=O)O[C@H]2CO[C@H]3OCC[C@]32C=C)cc1. The van der Waals surface area contributed by atoms with Gasteiger partial charge in [0.1, 0.15) is 6.10 Å². The summed E-state index contributed by atoms with van der Waals surface area (Å²) >= 11 is 0. The van der Waals surface area contributed by atoms with Crippen molar-refractivity contribution in [2.45, 2.75) is 56.1 Å². The molecule has 3 N–H and O–H groups in total. The number of nitrogens with one attached hydrogen (secondary N) is 2. The molecule has 4 rings (SSSR count). The van der Waals surface area contributed by atoms with Crippen LogP contribution in [-0.4, -0.2) is 74.8 Å². The van der Waals surface area contributed by atoms with E-state index in [1.807, 2.05) is 44.2 Å². The Balaban J connectivity index is 1.53. The number of sulfonamides is 1. The van der Waals surface area contributed by atoms with Gasteiger partial charge in [-0.1, -0.05) is 56.8 Å². The average molecular weight is 600 g/mol. The largest absolute Gasteiger partial charge is 0.443 e. The number of anilines is 1. The third-order valence-corrected chi connectivity index (χ3v) is 9.50. The molecule has 0 saturated carbocycles. The highest BCUT2D eigenvalue weighted by molar-refractivity contribution is 7.89. The van der Waals surface area contributed by atoms with Crippen LogP contribution in [0.3, 0.4) is 0 Å². The summed E-state index contributed by atoms with van der Waals surface area (Å²) in [6.07, 6.45) is 0.997. The molecular weight excluding hydrogens is 558 g/mol. The fraction of sp³-hybridized carbons (Fsp3) is 0.452. The van der Waals surface area contributed by atoms with Gasteiger partial charge in [-0.25, -0.2) is 13.2 Å². The van der Waals surface area contributed by atoms with Crippen LogP contribution in [0.15, 0.2) is 84.9 Å². The predicted octanol–water partition coefficient (Wildman–Crippen LogP) is 3.90. The molecule has 2 aromatic carbocycles. The lowest BCUT2D eigenvalue weighted by molar-refractivity contribution is -0.102. The van der Waals surface area contributed by atoms with Crippen molar-refractivity contribution in [3.63, 3.8) is 0 Å². The molecule has 2 fully saturated rings. The molecule has 2 unspecified atom stereocenters. The zero-order chi connectivity index (χ0) is 30.3. The highest BCUT2D eigenvalue weighted by Gasteiger charge is 2.55. The van der Waals surface area contributed by atoms with Crippen molar-refractivity contribution >= 4 is 21.8 Å². The van der Waals surface area contributed by atoms with Crippen LogP contribution >= 0.6 is 0 Å². The molecule has 1 amide bonds. The molecule has 2 aromatic rings. The monoisotopic (exact) mass is 599 g/mol. The van der Waals surface area contributed by atoms with Crippen LogP contribution in [0.1, 0.15) is 25.8 Å². The second-order valence-electron chi connectivity index (χ2n) is 11.1. The van der Waals surface area contributed by atoms with E-state index in [0.29, 0.717) is 18.7 Å². The Hall–Kier alpha value is -3.22. The maximum absolute atomic E-state index is 13.7. The van der Waals surface area contributed by atoms with Gasteiger partial charge in [0.2, 0.25) is 10.0 Å². The maximum Gasteiger partial charge on any atom is 0.407 e. The third-order valence-electron chi connectivity index (χ3n) is 7.66. The lowest BCUT2D eigenvalue weighted by Crippen LogP contribution is -2.52. The molecular formula is C31H41N3O7S. The summed E-state index contributed by atoms with van der Waals surface area (Å²) in [5.74, 6) is -0.0155. The summed E-state index contributed by atoms with van der Waals surface area (Å²) in [6, 6.07) is 14.8. The normalized spacial score (nSPS) is 23.3. The first kappa shape index (κ1) is 31.7. The zero-order valence-electron chi connectivity index (χ0n) is 24.1. The molecule has 0 aromatic heterocycles. The summed E-state index contributed by atoms with van der Waals surface area (Å²) in [4.78, 5) is 13.3. The van der Waals surface area contributed by atoms with E-state index in [4.69, 9.17) is 14.2 Å². The fourth-order valence-corrected chi connectivity index (χ4v) is 7.03. The Kier molecular flexibility index (Phi) is 10.4. The molecule has 5 atom stereocenters. The van der Waals surface area contributed by atoms with Crippen molar-refractivity contribution in [1.82, 2.24) is 9.62 Å². The summed E-state index contributed by atoms with van der Waals surface area (Å²) in [7, 11) is -3.96. The predicted molar refractivity (Wildman–Crippen MR) is 160 cm³/mol. The molecule has 0 spiro atoms. The van der Waals surface area contributed by atoms with E-state index < -0.39 is 46.1 Å². The second-order valence-corrected chi connectivity index (χ2v) is 13.0. The van der Waals surface area contributed by atoms with Crippen LogP contribution in [-0.2, 0) is 30.7 Å². The number of aliphatic hydroxyl groups is 1. The van der Waals surface area contributed by atoms with Gasteiger partial charge >= 0.3 is 6.09 Å². The smallest absolute Gasteiger partial charge is 0.407 e. The van der Waals surface area contributed by atoms with Crippen LogP contribution in [0.4, 0.5) is 10.5 Å². The van der Waals surface area contributed by atoms with Crippen LogP contribution < -0.4 is 10.6 Å². The van der Waals surface area contributed by atoms with E-state index in [0.717, 1.165) is 5.56 Å². The first-order chi connectivity index (χ1) is 20.1. The molecule has 2 heterocycles. The van der Waals surface area contributed by atoms with E-state index in [9.17, 15) is 18.3 Å². The third kappa shape index (κ3) is 7.22. The number of nitrogens with zero attached hydrogens (tertiary/aromatic N) is 1. The van der Waals surface area contributed by atoms with E-state index in [-0.39, 0.29) is 36.9 Å². The van der Waals surface area contributed by atoms with Crippen LogP contribution in [0.25, 0.3) is 0 Å².